The van der Waals surface area contributed by atoms with Crippen LogP contribution >= 0.6 is 0 Å². The Kier molecular flexibility index (Phi) is 4.94. The van der Waals surface area contributed by atoms with E-state index in [0.29, 0.717) is 12.3 Å². The third-order valence-corrected chi connectivity index (χ3v) is 2.82. The minimum absolute atomic E-state index is 0.217. The van der Waals surface area contributed by atoms with E-state index in [-0.39, 0.29) is 6.04 Å². The molecule has 1 atom stereocenters. The van der Waals surface area contributed by atoms with Crippen LogP contribution in [0.25, 0.3) is 0 Å². The van der Waals surface area contributed by atoms with Gasteiger partial charge in [0.25, 0.3) is 0 Å². The Morgan fingerprint density at radius 2 is 2.21 bits per heavy atom. The standard InChI is InChI=1S/C11H22N2O/c1-2-3-4-5-6-11(14)13-8-7-10(12)9-13/h10H,2-9,12H2,1H3. The van der Waals surface area contributed by atoms with Crippen molar-refractivity contribution in [2.75, 3.05) is 13.1 Å². The maximum Gasteiger partial charge on any atom is 0.222 e. The van der Waals surface area contributed by atoms with Crippen LogP contribution in [-0.2, 0) is 4.79 Å². The lowest BCUT2D eigenvalue weighted by Crippen LogP contribution is -2.31. The van der Waals surface area contributed by atoms with Gasteiger partial charge in [-0.05, 0) is 12.8 Å². The van der Waals surface area contributed by atoms with Crippen molar-refractivity contribution in [3.05, 3.63) is 0 Å². The van der Waals surface area contributed by atoms with E-state index in [9.17, 15) is 4.79 Å². The summed E-state index contributed by atoms with van der Waals surface area (Å²) in [5.41, 5.74) is 5.75. The van der Waals surface area contributed by atoms with Gasteiger partial charge in [0.1, 0.15) is 0 Å². The zero-order valence-corrected chi connectivity index (χ0v) is 9.17. The predicted molar refractivity (Wildman–Crippen MR) is 57.9 cm³/mol. The van der Waals surface area contributed by atoms with Crippen molar-refractivity contribution in [1.82, 2.24) is 4.90 Å². The Morgan fingerprint density at radius 3 is 2.79 bits per heavy atom. The Balaban J connectivity index is 2.09. The number of rotatable bonds is 5. The molecule has 1 aliphatic rings. The molecule has 1 amide bonds. The summed E-state index contributed by atoms with van der Waals surface area (Å²) in [7, 11) is 0. The van der Waals surface area contributed by atoms with E-state index in [1.807, 2.05) is 4.90 Å². The van der Waals surface area contributed by atoms with Gasteiger partial charge in [0.15, 0.2) is 0 Å². The summed E-state index contributed by atoms with van der Waals surface area (Å²) in [6.07, 6.45) is 6.38. The van der Waals surface area contributed by atoms with Gasteiger partial charge in [-0.1, -0.05) is 26.2 Å². The normalized spacial score (nSPS) is 21.6. The molecular weight excluding hydrogens is 176 g/mol. The van der Waals surface area contributed by atoms with Crippen LogP contribution in [0.2, 0.25) is 0 Å². The van der Waals surface area contributed by atoms with E-state index < -0.39 is 0 Å². The number of nitrogens with two attached hydrogens (primary N) is 1. The van der Waals surface area contributed by atoms with Crippen LogP contribution in [0, 0.1) is 0 Å². The van der Waals surface area contributed by atoms with Crippen molar-refractivity contribution in [2.24, 2.45) is 5.73 Å². The molecule has 1 fully saturated rings. The van der Waals surface area contributed by atoms with Crippen LogP contribution in [0.5, 0.6) is 0 Å². The Hall–Kier alpha value is -0.570. The van der Waals surface area contributed by atoms with Crippen molar-refractivity contribution < 1.29 is 4.79 Å². The van der Waals surface area contributed by atoms with Crippen LogP contribution in [0.1, 0.15) is 45.4 Å². The van der Waals surface area contributed by atoms with Crippen molar-refractivity contribution in [3.63, 3.8) is 0 Å². The SMILES string of the molecule is CCCCCCC(=O)N1CCC(N)C1. The van der Waals surface area contributed by atoms with Gasteiger partial charge in [-0.25, -0.2) is 0 Å². The summed E-state index contributed by atoms with van der Waals surface area (Å²) in [4.78, 5) is 13.5. The molecule has 0 spiro atoms. The summed E-state index contributed by atoms with van der Waals surface area (Å²) in [5.74, 6) is 0.300. The highest BCUT2D eigenvalue weighted by atomic mass is 16.2. The average molecular weight is 198 g/mol. The molecule has 2 N–H and O–H groups in total. The van der Waals surface area contributed by atoms with Crippen molar-refractivity contribution in [3.8, 4) is 0 Å². The van der Waals surface area contributed by atoms with Crippen LogP contribution in [0.4, 0.5) is 0 Å². The summed E-state index contributed by atoms with van der Waals surface area (Å²) < 4.78 is 0. The number of hydrogen-bond donors (Lipinski definition) is 1. The van der Waals surface area contributed by atoms with Gasteiger partial charge in [0.05, 0.1) is 0 Å². The molecule has 0 radical (unpaired) electrons. The molecule has 1 heterocycles. The fourth-order valence-corrected chi connectivity index (χ4v) is 1.87. The molecule has 0 aromatic heterocycles. The number of hydrogen-bond acceptors (Lipinski definition) is 2. The molecule has 0 bridgehead atoms. The predicted octanol–water partition coefficient (Wildman–Crippen LogP) is 1.52. The fraction of sp³-hybridized carbons (Fsp3) is 0.909. The maximum atomic E-state index is 11.6. The molecule has 0 saturated carbocycles. The van der Waals surface area contributed by atoms with Crippen molar-refractivity contribution in [1.29, 1.82) is 0 Å². The number of likely N-dealkylation sites (tertiary alicyclic amines) is 1. The summed E-state index contributed by atoms with van der Waals surface area (Å²) in [6.45, 7) is 3.82. The molecule has 14 heavy (non-hydrogen) atoms. The van der Waals surface area contributed by atoms with Gasteiger partial charge in [0, 0.05) is 25.6 Å². The first-order valence-corrected chi connectivity index (χ1v) is 5.77. The van der Waals surface area contributed by atoms with Crippen LogP contribution in [0.15, 0.2) is 0 Å². The van der Waals surface area contributed by atoms with E-state index in [2.05, 4.69) is 6.92 Å². The van der Waals surface area contributed by atoms with E-state index in [1.165, 1.54) is 19.3 Å². The summed E-state index contributed by atoms with van der Waals surface area (Å²) in [5, 5.41) is 0. The zero-order valence-electron chi connectivity index (χ0n) is 9.17. The monoisotopic (exact) mass is 198 g/mol. The highest BCUT2D eigenvalue weighted by molar-refractivity contribution is 5.76. The van der Waals surface area contributed by atoms with Gasteiger partial charge in [0.2, 0.25) is 5.91 Å². The molecule has 1 rings (SSSR count). The van der Waals surface area contributed by atoms with Crippen molar-refractivity contribution in [2.45, 2.75) is 51.5 Å². The average Bonchev–Trinajstić information content (AvgIpc) is 2.59. The highest BCUT2D eigenvalue weighted by Crippen LogP contribution is 2.11. The third-order valence-electron chi connectivity index (χ3n) is 2.82. The number of carbonyl (C=O) groups is 1. The fourth-order valence-electron chi connectivity index (χ4n) is 1.87. The molecule has 0 aromatic carbocycles. The van der Waals surface area contributed by atoms with Gasteiger partial charge in [-0.15, -0.1) is 0 Å². The smallest absolute Gasteiger partial charge is 0.222 e. The molecule has 82 valence electrons. The van der Waals surface area contributed by atoms with E-state index in [4.69, 9.17) is 5.73 Å². The Bertz CT molecular complexity index is 182. The number of unbranched alkanes of at least 4 members (excludes halogenated alkanes) is 3. The summed E-state index contributed by atoms with van der Waals surface area (Å²) >= 11 is 0. The maximum absolute atomic E-state index is 11.6. The lowest BCUT2D eigenvalue weighted by Gasteiger charge is -2.15. The van der Waals surface area contributed by atoms with Gasteiger partial charge in [-0.3, -0.25) is 4.79 Å². The first-order chi connectivity index (χ1) is 6.74. The topological polar surface area (TPSA) is 46.3 Å². The second kappa shape index (κ2) is 6.02. The van der Waals surface area contributed by atoms with E-state index in [1.54, 1.807) is 0 Å². The Morgan fingerprint density at radius 1 is 1.43 bits per heavy atom. The lowest BCUT2D eigenvalue weighted by molar-refractivity contribution is -0.130. The van der Waals surface area contributed by atoms with Crippen molar-refractivity contribution >= 4 is 5.91 Å². The second-order valence-corrected chi connectivity index (χ2v) is 4.20. The Labute approximate surface area is 86.6 Å². The quantitative estimate of drug-likeness (QED) is 0.681. The molecule has 0 aromatic rings. The number of carbonyl (C=O) groups excluding carboxylic acids is 1. The zero-order chi connectivity index (χ0) is 10.4. The van der Waals surface area contributed by atoms with E-state index in [0.717, 1.165) is 25.9 Å². The minimum Gasteiger partial charge on any atom is -0.341 e. The molecule has 1 saturated heterocycles. The molecule has 3 nitrogen and oxygen atoms in total. The molecule has 1 unspecified atom stereocenters. The number of amides is 1. The molecule has 3 heteroatoms. The lowest BCUT2D eigenvalue weighted by atomic mass is 10.1. The van der Waals surface area contributed by atoms with E-state index >= 15 is 0 Å². The largest absolute Gasteiger partial charge is 0.341 e. The van der Waals surface area contributed by atoms with Gasteiger partial charge in [-0.2, -0.15) is 0 Å². The van der Waals surface area contributed by atoms with Gasteiger partial charge >= 0.3 is 0 Å². The van der Waals surface area contributed by atoms with Crippen LogP contribution in [-0.4, -0.2) is 29.9 Å². The molecule has 1 aliphatic heterocycles. The first-order valence-electron chi connectivity index (χ1n) is 5.77. The first kappa shape index (κ1) is 11.5. The van der Waals surface area contributed by atoms with Gasteiger partial charge < -0.3 is 10.6 Å². The highest BCUT2D eigenvalue weighted by Gasteiger charge is 2.22. The number of nitrogens with zero attached hydrogens (tertiary/aromatic N) is 1. The third kappa shape index (κ3) is 3.66. The minimum atomic E-state index is 0.217. The molecular formula is C11H22N2O. The molecule has 0 aliphatic carbocycles. The van der Waals surface area contributed by atoms with Crippen LogP contribution in [0.3, 0.4) is 0 Å². The second-order valence-electron chi connectivity index (χ2n) is 4.20. The summed E-state index contributed by atoms with van der Waals surface area (Å²) in [6, 6.07) is 0.217. The van der Waals surface area contributed by atoms with Crippen LogP contribution < -0.4 is 5.73 Å².